The van der Waals surface area contributed by atoms with Gasteiger partial charge in [-0.25, -0.2) is 4.98 Å². The molecule has 0 N–H and O–H groups in total. The Morgan fingerprint density at radius 1 is 1.08 bits per heavy atom. The third kappa shape index (κ3) is 3.02. The van der Waals surface area contributed by atoms with Crippen LogP contribution in [0.4, 0.5) is 5.69 Å². The minimum absolute atomic E-state index is 0.0147. The van der Waals surface area contributed by atoms with E-state index < -0.39 is 0 Å². The number of carbonyl (C=O) groups is 1. The van der Waals surface area contributed by atoms with Crippen molar-refractivity contribution >= 4 is 22.6 Å². The molecule has 0 aliphatic carbocycles. The second kappa shape index (κ2) is 6.31. The molecule has 0 spiro atoms. The Hall–Kier alpha value is -2.69. The molecule has 130 valence electrons. The molecule has 0 aliphatic heterocycles. The fourth-order valence-electron chi connectivity index (χ4n) is 3.43. The van der Waals surface area contributed by atoms with Crippen LogP contribution in [0.1, 0.15) is 39.8 Å². The SMILES string of the molecule is CCN(C(=O)c1cc(C)nc2c1c(C)nn2C)c1cc(C)cc(C)c1. The molecule has 0 saturated heterocycles. The van der Waals surface area contributed by atoms with Crippen molar-refractivity contribution in [3.63, 3.8) is 0 Å². The minimum atomic E-state index is -0.0147. The Morgan fingerprint density at radius 3 is 2.32 bits per heavy atom. The molecule has 0 fully saturated rings. The van der Waals surface area contributed by atoms with Crippen LogP contribution in [0.5, 0.6) is 0 Å². The smallest absolute Gasteiger partial charge is 0.259 e. The number of amides is 1. The lowest BCUT2D eigenvalue weighted by Gasteiger charge is -2.23. The summed E-state index contributed by atoms with van der Waals surface area (Å²) in [5.74, 6) is -0.0147. The molecule has 25 heavy (non-hydrogen) atoms. The molecule has 0 atom stereocenters. The summed E-state index contributed by atoms with van der Waals surface area (Å²) in [4.78, 5) is 19.8. The third-order valence-electron chi connectivity index (χ3n) is 4.41. The highest BCUT2D eigenvalue weighted by Gasteiger charge is 2.23. The van der Waals surface area contributed by atoms with Crippen molar-refractivity contribution in [2.24, 2.45) is 7.05 Å². The van der Waals surface area contributed by atoms with Crippen molar-refractivity contribution in [3.05, 3.63) is 52.3 Å². The van der Waals surface area contributed by atoms with Gasteiger partial charge in [0.1, 0.15) is 0 Å². The van der Waals surface area contributed by atoms with Crippen LogP contribution in [0, 0.1) is 27.7 Å². The van der Waals surface area contributed by atoms with E-state index in [1.54, 1.807) is 4.68 Å². The van der Waals surface area contributed by atoms with Gasteiger partial charge >= 0.3 is 0 Å². The second-order valence-corrected chi connectivity index (χ2v) is 6.61. The molecule has 5 heteroatoms. The molecule has 0 unspecified atom stereocenters. The molecule has 2 aromatic heterocycles. The van der Waals surface area contributed by atoms with E-state index in [1.165, 1.54) is 0 Å². The zero-order valence-corrected chi connectivity index (χ0v) is 15.7. The Bertz CT molecular complexity index is 951. The predicted molar refractivity (Wildman–Crippen MR) is 101 cm³/mol. The van der Waals surface area contributed by atoms with Gasteiger partial charge in [-0.05, 0) is 63.9 Å². The normalized spacial score (nSPS) is 11.1. The fourth-order valence-corrected chi connectivity index (χ4v) is 3.43. The standard InChI is InChI=1S/C20H24N4O/c1-7-24(16-9-12(2)8-13(3)10-16)20(25)17-11-14(4)21-19-18(17)15(5)22-23(19)6/h8-11H,7H2,1-6H3. The Labute approximate surface area is 148 Å². The van der Waals surface area contributed by atoms with Gasteiger partial charge in [0.05, 0.1) is 16.6 Å². The van der Waals surface area contributed by atoms with E-state index in [4.69, 9.17) is 0 Å². The first-order chi connectivity index (χ1) is 11.8. The molecule has 2 heterocycles. The van der Waals surface area contributed by atoms with Crippen molar-refractivity contribution < 1.29 is 4.79 Å². The molecule has 1 amide bonds. The fraction of sp³-hybridized carbons (Fsp3) is 0.350. The summed E-state index contributed by atoms with van der Waals surface area (Å²) in [5.41, 5.74) is 6.27. The average molecular weight is 336 g/mol. The number of pyridine rings is 1. The zero-order chi connectivity index (χ0) is 18.3. The van der Waals surface area contributed by atoms with E-state index in [9.17, 15) is 4.79 Å². The maximum absolute atomic E-state index is 13.4. The van der Waals surface area contributed by atoms with Crippen molar-refractivity contribution in [1.82, 2.24) is 14.8 Å². The average Bonchev–Trinajstić information content (AvgIpc) is 2.80. The molecule has 0 radical (unpaired) electrons. The Balaban J connectivity index is 2.18. The molecule has 3 rings (SSSR count). The van der Waals surface area contributed by atoms with Crippen molar-refractivity contribution in [2.75, 3.05) is 11.4 Å². The summed E-state index contributed by atoms with van der Waals surface area (Å²) in [6, 6.07) is 8.08. The first kappa shape index (κ1) is 17.1. The number of aromatic nitrogens is 3. The van der Waals surface area contributed by atoms with Crippen LogP contribution in [0.25, 0.3) is 11.0 Å². The summed E-state index contributed by atoms with van der Waals surface area (Å²) in [6.45, 7) is 10.5. The van der Waals surface area contributed by atoms with Crippen LogP contribution in [0.15, 0.2) is 24.3 Å². The number of benzene rings is 1. The van der Waals surface area contributed by atoms with Gasteiger partial charge in [0.25, 0.3) is 5.91 Å². The Morgan fingerprint density at radius 2 is 1.72 bits per heavy atom. The predicted octanol–water partition coefficient (Wildman–Crippen LogP) is 3.87. The molecule has 5 nitrogen and oxygen atoms in total. The number of fused-ring (bicyclic) bond motifs is 1. The van der Waals surface area contributed by atoms with Crippen LogP contribution in [0.3, 0.4) is 0 Å². The quantitative estimate of drug-likeness (QED) is 0.729. The highest BCUT2D eigenvalue weighted by molar-refractivity contribution is 6.13. The van der Waals surface area contributed by atoms with E-state index in [0.29, 0.717) is 12.1 Å². The van der Waals surface area contributed by atoms with Gasteiger partial charge in [-0.1, -0.05) is 6.07 Å². The lowest BCUT2D eigenvalue weighted by molar-refractivity contribution is 0.0989. The van der Waals surface area contributed by atoms with E-state index in [1.807, 2.05) is 38.8 Å². The van der Waals surface area contributed by atoms with Crippen molar-refractivity contribution in [1.29, 1.82) is 0 Å². The van der Waals surface area contributed by atoms with Crippen LogP contribution in [0.2, 0.25) is 0 Å². The zero-order valence-electron chi connectivity index (χ0n) is 15.7. The van der Waals surface area contributed by atoms with Crippen LogP contribution in [-0.2, 0) is 7.05 Å². The number of carbonyl (C=O) groups excluding carboxylic acids is 1. The van der Waals surface area contributed by atoms with Crippen LogP contribution >= 0.6 is 0 Å². The van der Waals surface area contributed by atoms with Crippen LogP contribution in [-0.4, -0.2) is 27.2 Å². The van der Waals surface area contributed by atoms with E-state index >= 15 is 0 Å². The molecule has 0 bridgehead atoms. The van der Waals surface area contributed by atoms with Gasteiger partial charge < -0.3 is 4.90 Å². The van der Waals surface area contributed by atoms with Gasteiger partial charge in [0.15, 0.2) is 5.65 Å². The first-order valence-corrected chi connectivity index (χ1v) is 8.53. The number of aryl methyl sites for hydroxylation is 5. The number of hydrogen-bond donors (Lipinski definition) is 0. The summed E-state index contributed by atoms with van der Waals surface area (Å²) < 4.78 is 1.74. The number of nitrogens with zero attached hydrogens (tertiary/aromatic N) is 4. The maximum atomic E-state index is 13.4. The largest absolute Gasteiger partial charge is 0.309 e. The van der Waals surface area contributed by atoms with Gasteiger partial charge in [-0.15, -0.1) is 0 Å². The van der Waals surface area contributed by atoms with Crippen LogP contribution < -0.4 is 4.90 Å². The lowest BCUT2D eigenvalue weighted by atomic mass is 10.1. The van der Waals surface area contributed by atoms with Crippen molar-refractivity contribution in [3.8, 4) is 0 Å². The van der Waals surface area contributed by atoms with Gasteiger partial charge in [-0.2, -0.15) is 5.10 Å². The topological polar surface area (TPSA) is 51.0 Å². The molecular weight excluding hydrogens is 312 g/mol. The highest BCUT2D eigenvalue weighted by Crippen LogP contribution is 2.26. The first-order valence-electron chi connectivity index (χ1n) is 8.53. The Kier molecular flexibility index (Phi) is 4.33. The van der Waals surface area contributed by atoms with E-state index in [-0.39, 0.29) is 5.91 Å². The number of anilines is 1. The summed E-state index contributed by atoms with van der Waals surface area (Å²) in [7, 11) is 1.86. The van der Waals surface area contributed by atoms with Crippen molar-refractivity contribution in [2.45, 2.75) is 34.6 Å². The molecule has 0 saturated carbocycles. The molecule has 3 aromatic rings. The van der Waals surface area contributed by atoms with Gasteiger partial charge in [-0.3, -0.25) is 9.48 Å². The summed E-state index contributed by atoms with van der Waals surface area (Å²) in [5, 5.41) is 5.28. The van der Waals surface area contributed by atoms with E-state index in [0.717, 1.165) is 39.2 Å². The van der Waals surface area contributed by atoms with E-state index in [2.05, 4.69) is 42.1 Å². The molecular formula is C20H24N4O. The number of hydrogen-bond acceptors (Lipinski definition) is 3. The minimum Gasteiger partial charge on any atom is -0.309 e. The van der Waals surface area contributed by atoms with Gasteiger partial charge in [0, 0.05) is 25.0 Å². The molecule has 1 aromatic carbocycles. The third-order valence-corrected chi connectivity index (χ3v) is 4.41. The lowest BCUT2D eigenvalue weighted by Crippen LogP contribution is -2.31. The van der Waals surface area contributed by atoms with Gasteiger partial charge in [0.2, 0.25) is 0 Å². The summed E-state index contributed by atoms with van der Waals surface area (Å²) in [6.07, 6.45) is 0. The monoisotopic (exact) mass is 336 g/mol. The highest BCUT2D eigenvalue weighted by atomic mass is 16.2. The second-order valence-electron chi connectivity index (χ2n) is 6.61. The molecule has 0 aliphatic rings. The number of rotatable bonds is 3. The summed E-state index contributed by atoms with van der Waals surface area (Å²) >= 11 is 0. The maximum Gasteiger partial charge on any atom is 0.259 e.